The molecule has 8 heterocycles. The van der Waals surface area contributed by atoms with E-state index in [9.17, 15) is 0 Å². The number of nitrogens with one attached hydrogen (secondary N) is 1. The number of hydrogen-bond donors (Lipinski definition) is 1. The molecule has 0 fully saturated rings. The van der Waals surface area contributed by atoms with Crippen LogP contribution in [-0.2, 0) is 30.0 Å². The zero-order valence-electron chi connectivity index (χ0n) is 74.5. The van der Waals surface area contributed by atoms with E-state index in [4.69, 9.17) is 151 Å². The van der Waals surface area contributed by atoms with Gasteiger partial charge in [-0.25, -0.2) is 49.2 Å². The molecule has 8 aromatic heterocycles. The predicted octanol–water partition coefficient (Wildman–Crippen LogP) is 23.9. The average molecular weight is 1980 g/mol. The Kier molecular flexibility index (Phi) is 30.2. The predicted molar refractivity (Wildman–Crippen MR) is 531 cm³/mol. The summed E-state index contributed by atoms with van der Waals surface area (Å²) in [6.45, 7) is 6.11. The normalized spacial score (nSPS) is 11.2. The zero-order valence-corrected chi connectivity index (χ0v) is 80.5. The smallest absolute Gasteiger partial charge is 0.278 e. The van der Waals surface area contributed by atoms with Gasteiger partial charge in [0.05, 0.1) is 167 Å². The molecule has 688 valence electrons. The molecule has 0 saturated heterocycles. The summed E-state index contributed by atoms with van der Waals surface area (Å²) in [4.78, 5) is 38.2. The molecule has 0 aliphatic rings. The maximum atomic E-state index is 7.08. The van der Waals surface area contributed by atoms with Gasteiger partial charge in [-0.3, -0.25) is 0 Å². The van der Waals surface area contributed by atoms with E-state index in [0.717, 1.165) is 63.2 Å². The lowest BCUT2D eigenvalue weighted by molar-refractivity contribution is 0.00714. The standard InChI is InChI=1S/C39H31Cl2N5O3.2C21H19Cl2N5O2.C18H13Cl2N5O2/c1-47-37-38(48-2)43-34-31(42-37)25-30(40)33(41)32(34)35-36(26-15-7-3-8-16-26)46(45-44-35)23-24-49-39(27-17-9-4-10-18-27,28-19-11-5-12-20-28)29-21-13-6-14-22-29;1-4-10-28-19(17(26-27-28)12-8-6-5-7-9-12)15-16(23)13(22)11-14-18(15)25-21(30-3)20(24-14)29-2;1-4-10-28-26-17(12-8-6-5-7-9-12)19(27-28)15-16(23)13(22)11-14-18(15)25-21(30-3)20(24-14)29-2;1-26-17-18(27-2)22-15-11(21-17)8-10(19)13(20)12(15)16-14(23-25-24-16)9-6-4-3-5-7-9/h3-22,25H,23-24H2,1-2H3;2*5-9,11H,4,10H2,1-3H3;3-8H,1-2H3,(H,23,24,25). The highest BCUT2D eigenvalue weighted by atomic mass is 35.5. The summed E-state index contributed by atoms with van der Waals surface area (Å²) < 4.78 is 53.4. The molecule has 37 heteroatoms. The number of hydrogen-bond acceptors (Lipinski definition) is 25. The molecule has 0 aliphatic carbocycles. The second-order valence-corrected chi connectivity index (χ2v) is 32.9. The minimum Gasteiger partial charge on any atom is -0.477 e. The number of aromatic nitrogens is 20. The summed E-state index contributed by atoms with van der Waals surface area (Å²) in [5.74, 6) is 1.92. The Bertz CT molecular complexity index is 7340. The van der Waals surface area contributed by atoms with Crippen molar-refractivity contribution in [3.63, 3.8) is 0 Å². The molecule has 0 amide bonds. The number of rotatable bonds is 27. The Morgan fingerprint density at radius 2 is 0.588 bits per heavy atom. The third-order valence-electron chi connectivity index (χ3n) is 21.5. The van der Waals surface area contributed by atoms with Crippen LogP contribution in [0.1, 0.15) is 43.4 Å². The maximum Gasteiger partial charge on any atom is 0.278 e. The number of methoxy groups -OCH3 is 8. The van der Waals surface area contributed by atoms with Crippen LogP contribution in [0.5, 0.6) is 47.0 Å². The number of benzene rings is 11. The fourth-order valence-corrected chi connectivity index (χ4v) is 17.2. The summed E-state index contributed by atoms with van der Waals surface area (Å²) in [5, 5.41) is 41.3. The van der Waals surface area contributed by atoms with E-state index >= 15 is 0 Å². The van der Waals surface area contributed by atoms with E-state index in [1.165, 1.54) is 56.9 Å². The molecule has 0 saturated carbocycles. The van der Waals surface area contributed by atoms with E-state index in [2.05, 4.69) is 121 Å². The molecule has 29 nitrogen and oxygen atoms in total. The van der Waals surface area contributed by atoms with Crippen molar-refractivity contribution in [1.29, 1.82) is 0 Å². The van der Waals surface area contributed by atoms with E-state index in [1.54, 1.807) is 29.1 Å². The quantitative estimate of drug-likeness (QED) is 0.0467. The first-order valence-corrected chi connectivity index (χ1v) is 45.2. The number of aromatic amines is 1. The molecular formula is C99H82Cl8N20O9. The first kappa shape index (κ1) is 95.2. The summed E-state index contributed by atoms with van der Waals surface area (Å²) in [6.07, 6.45) is 1.75. The molecule has 19 aromatic rings. The van der Waals surface area contributed by atoms with Crippen LogP contribution in [0.2, 0.25) is 40.2 Å². The van der Waals surface area contributed by atoms with Gasteiger partial charge in [0.1, 0.15) is 67.5 Å². The van der Waals surface area contributed by atoms with Gasteiger partial charge >= 0.3 is 0 Å². The molecule has 0 aliphatic heterocycles. The summed E-state index contributed by atoms with van der Waals surface area (Å²) in [7, 11) is 12.0. The molecule has 0 atom stereocenters. The average Bonchev–Trinajstić information content (AvgIpc) is 1.16. The number of fused-ring (bicyclic) bond motifs is 4. The van der Waals surface area contributed by atoms with Crippen LogP contribution < -0.4 is 37.9 Å². The Morgan fingerprint density at radius 1 is 0.294 bits per heavy atom. The Hall–Kier alpha value is -14.0. The Balaban J connectivity index is 0.000000136. The van der Waals surface area contributed by atoms with Crippen LogP contribution in [0.15, 0.2) is 237 Å². The molecule has 0 bridgehead atoms. The first-order chi connectivity index (χ1) is 66.3. The van der Waals surface area contributed by atoms with E-state index in [0.29, 0.717) is 155 Å². The summed E-state index contributed by atoms with van der Waals surface area (Å²) in [6, 6.07) is 76.4. The molecular weight excluding hydrogens is 1900 g/mol. The number of aryl methyl sites for hydroxylation is 2. The number of nitrogens with zero attached hydrogens (tertiary/aromatic N) is 19. The fraction of sp³-hybridized carbons (Fsp3) is 0.172. The molecule has 0 unspecified atom stereocenters. The maximum absolute atomic E-state index is 7.08. The second kappa shape index (κ2) is 43.1. The molecule has 1 N–H and O–H groups in total. The van der Waals surface area contributed by atoms with Crippen LogP contribution in [0.25, 0.3) is 134 Å². The van der Waals surface area contributed by atoms with E-state index < -0.39 is 5.60 Å². The van der Waals surface area contributed by atoms with Crippen LogP contribution >= 0.6 is 92.8 Å². The van der Waals surface area contributed by atoms with Gasteiger partial charge in [-0.05, 0) is 53.8 Å². The molecule has 11 aromatic carbocycles. The highest BCUT2D eigenvalue weighted by Crippen LogP contribution is 2.50. The molecule has 19 rings (SSSR count). The van der Waals surface area contributed by atoms with Crippen molar-refractivity contribution in [2.45, 2.75) is 51.9 Å². The van der Waals surface area contributed by atoms with Crippen molar-refractivity contribution < 1.29 is 42.6 Å². The molecule has 0 spiro atoms. The third-order valence-corrected chi connectivity index (χ3v) is 24.7. The topological polar surface area (TPSA) is 320 Å². The summed E-state index contributed by atoms with van der Waals surface area (Å²) in [5.41, 5.74) is 16.8. The minimum atomic E-state index is -0.891. The molecule has 0 radical (unpaired) electrons. The number of H-pyrrole nitrogens is 1. The van der Waals surface area contributed by atoms with Crippen molar-refractivity contribution in [1.82, 2.24) is 100 Å². The van der Waals surface area contributed by atoms with Crippen molar-refractivity contribution in [3.8, 4) is 137 Å². The second-order valence-electron chi connectivity index (χ2n) is 29.8. The van der Waals surface area contributed by atoms with Gasteiger partial charge in [-0.2, -0.15) is 30.4 Å². The monoisotopic (exact) mass is 1970 g/mol. The number of ether oxygens (including phenoxy) is 9. The van der Waals surface area contributed by atoms with E-state index in [-0.39, 0.29) is 58.7 Å². The van der Waals surface area contributed by atoms with Crippen LogP contribution in [0, 0.1) is 0 Å². The SMILES string of the molecule is CCCn1nc(-c2ccccc2)c(-c2c(Cl)c(Cl)cc3nc(OC)c(OC)nc23)n1.CCCn1nnc(-c2ccccc2)c1-c1c(Cl)c(Cl)cc2nc(OC)c(OC)nc12.COc1nc2cc(Cl)c(Cl)c(-c3n[nH]nc3-c3ccccc3)c2nc1OC.COc1nc2cc(Cl)c(Cl)c(-c3nnn(CCOC(c4ccccc4)(c4ccccc4)c4ccccc4)c3-c3ccccc3)c2nc1OC. The zero-order chi connectivity index (χ0) is 95.3. The van der Waals surface area contributed by atoms with Gasteiger partial charge in [-0.15, -0.1) is 10.2 Å². The lowest BCUT2D eigenvalue weighted by Crippen LogP contribution is -2.34. The van der Waals surface area contributed by atoms with Gasteiger partial charge < -0.3 is 42.6 Å². The summed E-state index contributed by atoms with van der Waals surface area (Å²) >= 11 is 52.8. The fourth-order valence-electron chi connectivity index (χ4n) is 15.5. The Labute approximate surface area is 819 Å². The van der Waals surface area contributed by atoms with Gasteiger partial charge in [0.25, 0.3) is 47.0 Å². The van der Waals surface area contributed by atoms with Crippen molar-refractivity contribution >= 4 is 137 Å². The largest absolute Gasteiger partial charge is 0.477 e. The van der Waals surface area contributed by atoms with Crippen LogP contribution in [-0.4, -0.2) is 164 Å². The lowest BCUT2D eigenvalue weighted by atomic mass is 9.80. The minimum absolute atomic E-state index is 0.204. The van der Waals surface area contributed by atoms with Crippen LogP contribution in [0.3, 0.4) is 0 Å². The highest BCUT2D eigenvalue weighted by Gasteiger charge is 2.39. The van der Waals surface area contributed by atoms with Crippen LogP contribution in [0.4, 0.5) is 0 Å². The van der Waals surface area contributed by atoms with Crippen molar-refractivity contribution in [3.05, 3.63) is 293 Å². The van der Waals surface area contributed by atoms with Gasteiger partial charge in [0, 0.05) is 28.8 Å². The Morgan fingerprint density at radius 3 is 0.963 bits per heavy atom. The van der Waals surface area contributed by atoms with Gasteiger partial charge in [0.15, 0.2) is 0 Å². The number of halogens is 8. The highest BCUT2D eigenvalue weighted by molar-refractivity contribution is 6.47. The lowest BCUT2D eigenvalue weighted by Gasteiger charge is -2.36. The molecule has 136 heavy (non-hydrogen) atoms. The van der Waals surface area contributed by atoms with Crippen molar-refractivity contribution in [2.24, 2.45) is 0 Å². The first-order valence-electron chi connectivity index (χ1n) is 42.2. The van der Waals surface area contributed by atoms with E-state index in [1.807, 2.05) is 185 Å². The van der Waals surface area contributed by atoms with Gasteiger partial charge in [0.2, 0.25) is 0 Å². The van der Waals surface area contributed by atoms with Crippen molar-refractivity contribution in [2.75, 3.05) is 63.5 Å². The van der Waals surface area contributed by atoms with Gasteiger partial charge in [-0.1, -0.05) is 329 Å². The third kappa shape index (κ3) is 19.3.